The molecule has 18 heavy (non-hydrogen) atoms. The lowest BCUT2D eigenvalue weighted by Gasteiger charge is -2.25. The van der Waals surface area contributed by atoms with E-state index in [0.717, 1.165) is 0 Å². The van der Waals surface area contributed by atoms with Crippen molar-refractivity contribution in [1.82, 2.24) is 0 Å². The van der Waals surface area contributed by atoms with Crippen molar-refractivity contribution in [2.24, 2.45) is 5.73 Å². The lowest BCUT2D eigenvalue weighted by Crippen LogP contribution is -2.42. The number of ether oxygens (including phenoxy) is 4. The zero-order valence-corrected chi connectivity index (χ0v) is 11.2. The molecule has 0 aromatic heterocycles. The number of rotatable bonds is 0. The molecule has 6 nitrogen and oxygen atoms in total. The van der Waals surface area contributed by atoms with Gasteiger partial charge in [-0.25, -0.2) is 0 Å². The van der Waals surface area contributed by atoms with Crippen LogP contribution in [0.3, 0.4) is 0 Å². The van der Waals surface area contributed by atoms with Gasteiger partial charge in [0.1, 0.15) is 24.4 Å². The van der Waals surface area contributed by atoms with Gasteiger partial charge in [0.15, 0.2) is 5.79 Å². The summed E-state index contributed by atoms with van der Waals surface area (Å²) in [7, 11) is 0. The third-order valence-electron chi connectivity index (χ3n) is 3.23. The van der Waals surface area contributed by atoms with Gasteiger partial charge in [0.25, 0.3) is 0 Å². The number of nitrogens with two attached hydrogens (primary N) is 1. The smallest absolute Gasteiger partial charge is 0.325 e. The molecule has 0 aromatic rings. The molecule has 6 heteroatoms. The van der Waals surface area contributed by atoms with Gasteiger partial charge in [-0.15, -0.1) is 0 Å². The van der Waals surface area contributed by atoms with Crippen LogP contribution in [0.2, 0.25) is 0 Å². The molecule has 2 aliphatic heterocycles. The van der Waals surface area contributed by atoms with Crippen molar-refractivity contribution in [1.29, 1.82) is 0 Å². The summed E-state index contributed by atoms with van der Waals surface area (Å²) < 4.78 is 22.5. The molecule has 0 aromatic carbocycles. The Hall–Kier alpha value is -0.690. The van der Waals surface area contributed by atoms with E-state index in [1.165, 1.54) is 0 Å². The van der Waals surface area contributed by atoms with Gasteiger partial charge in [-0.3, -0.25) is 4.79 Å². The minimum Gasteiger partial charge on any atom is -0.459 e. The summed E-state index contributed by atoms with van der Waals surface area (Å²) in [5.41, 5.74) is 5.66. The molecule has 2 N–H and O–H groups in total. The molecule has 0 aliphatic carbocycles. The highest BCUT2D eigenvalue weighted by molar-refractivity contribution is 5.75. The Balaban J connectivity index is 2.20. The molecule has 0 spiro atoms. The fourth-order valence-electron chi connectivity index (χ4n) is 2.30. The Labute approximate surface area is 107 Å². The van der Waals surface area contributed by atoms with Crippen molar-refractivity contribution in [2.75, 3.05) is 6.61 Å². The Morgan fingerprint density at radius 1 is 1.17 bits per heavy atom. The van der Waals surface area contributed by atoms with Crippen LogP contribution in [0.15, 0.2) is 0 Å². The lowest BCUT2D eigenvalue weighted by atomic mass is 10.1. The van der Waals surface area contributed by atoms with Gasteiger partial charge in [0, 0.05) is 0 Å². The van der Waals surface area contributed by atoms with E-state index in [-0.39, 0.29) is 24.9 Å². The van der Waals surface area contributed by atoms with E-state index < -0.39 is 23.9 Å². The number of esters is 1. The van der Waals surface area contributed by atoms with Crippen molar-refractivity contribution < 1.29 is 23.7 Å². The van der Waals surface area contributed by atoms with Crippen LogP contribution in [0.1, 0.15) is 27.7 Å². The zero-order chi connectivity index (χ0) is 13.5. The first-order chi connectivity index (χ1) is 8.30. The van der Waals surface area contributed by atoms with Crippen molar-refractivity contribution in [3.63, 3.8) is 0 Å². The first-order valence-electron chi connectivity index (χ1n) is 6.23. The van der Waals surface area contributed by atoms with Crippen LogP contribution in [-0.2, 0) is 23.7 Å². The fourth-order valence-corrected chi connectivity index (χ4v) is 2.30. The number of cyclic esters (lactones) is 1. The number of carbonyl (C=O) groups excluding carboxylic acids is 1. The highest BCUT2D eigenvalue weighted by atomic mass is 16.8. The van der Waals surface area contributed by atoms with E-state index in [0.29, 0.717) is 0 Å². The third-order valence-corrected chi connectivity index (χ3v) is 3.23. The Morgan fingerprint density at radius 3 is 2.33 bits per heavy atom. The van der Waals surface area contributed by atoms with Gasteiger partial charge in [-0.2, -0.15) is 0 Å². The monoisotopic (exact) mass is 259 g/mol. The van der Waals surface area contributed by atoms with Crippen LogP contribution in [0, 0.1) is 0 Å². The molecule has 2 aliphatic rings. The molecule has 5 unspecified atom stereocenters. The van der Waals surface area contributed by atoms with Gasteiger partial charge in [0.05, 0.1) is 12.7 Å². The summed E-state index contributed by atoms with van der Waals surface area (Å²) in [4.78, 5) is 11.7. The van der Waals surface area contributed by atoms with Crippen molar-refractivity contribution in [3.8, 4) is 0 Å². The normalized spacial score (nSPS) is 44.5. The maximum atomic E-state index is 11.7. The SMILES string of the molecule is CC1OCC(N)C(=O)OC(C)C2OC(C)(C)OC12. The predicted octanol–water partition coefficient (Wildman–Crippen LogP) is 0.184. The average Bonchev–Trinajstić information content (AvgIpc) is 2.61. The molecule has 2 saturated heterocycles. The largest absolute Gasteiger partial charge is 0.459 e. The van der Waals surface area contributed by atoms with Gasteiger partial charge in [0.2, 0.25) is 0 Å². The minimum atomic E-state index is -0.762. The second-order valence-corrected chi connectivity index (χ2v) is 5.35. The molecule has 0 saturated carbocycles. The van der Waals surface area contributed by atoms with E-state index in [1.807, 2.05) is 20.8 Å². The summed E-state index contributed by atoms with van der Waals surface area (Å²) in [6.07, 6.45) is -1.24. The molecule has 0 amide bonds. The second-order valence-electron chi connectivity index (χ2n) is 5.35. The average molecular weight is 259 g/mol. The number of fused-ring (bicyclic) bond motifs is 1. The minimum absolute atomic E-state index is 0.125. The van der Waals surface area contributed by atoms with E-state index in [9.17, 15) is 4.79 Å². The molecule has 5 atom stereocenters. The predicted molar refractivity (Wildman–Crippen MR) is 62.8 cm³/mol. The van der Waals surface area contributed by atoms with Crippen LogP contribution in [0.5, 0.6) is 0 Å². The summed E-state index contributed by atoms with van der Waals surface area (Å²) in [5, 5.41) is 0. The van der Waals surface area contributed by atoms with Crippen LogP contribution in [0.4, 0.5) is 0 Å². The van der Waals surface area contributed by atoms with E-state index in [2.05, 4.69) is 0 Å². The molecule has 0 radical (unpaired) electrons. The van der Waals surface area contributed by atoms with Gasteiger partial charge in [-0.05, 0) is 27.7 Å². The van der Waals surface area contributed by atoms with E-state index in [1.54, 1.807) is 6.92 Å². The fraction of sp³-hybridized carbons (Fsp3) is 0.917. The van der Waals surface area contributed by atoms with Crippen LogP contribution >= 0.6 is 0 Å². The first-order valence-corrected chi connectivity index (χ1v) is 6.23. The van der Waals surface area contributed by atoms with Crippen LogP contribution < -0.4 is 5.73 Å². The Morgan fingerprint density at radius 2 is 1.72 bits per heavy atom. The van der Waals surface area contributed by atoms with Gasteiger partial charge in [-0.1, -0.05) is 0 Å². The standard InChI is InChI=1S/C12H21NO5/c1-6-9-10(18-12(3,4)17-9)7(2)16-11(14)8(13)5-15-6/h6-10H,5,13H2,1-4H3. The van der Waals surface area contributed by atoms with Crippen molar-refractivity contribution >= 4 is 5.97 Å². The van der Waals surface area contributed by atoms with E-state index >= 15 is 0 Å². The van der Waals surface area contributed by atoms with E-state index in [4.69, 9.17) is 24.7 Å². The summed E-state index contributed by atoms with van der Waals surface area (Å²) in [5.74, 6) is -1.17. The maximum absolute atomic E-state index is 11.7. The summed E-state index contributed by atoms with van der Waals surface area (Å²) >= 11 is 0. The number of carbonyl (C=O) groups is 1. The molecular formula is C12H21NO5. The van der Waals surface area contributed by atoms with Gasteiger partial charge < -0.3 is 24.7 Å². The Bertz CT molecular complexity index is 332. The van der Waals surface area contributed by atoms with Crippen molar-refractivity contribution in [2.45, 2.75) is 63.9 Å². The second kappa shape index (κ2) is 4.77. The van der Waals surface area contributed by atoms with Crippen LogP contribution in [-0.4, -0.2) is 48.8 Å². The highest BCUT2D eigenvalue weighted by Crippen LogP contribution is 2.34. The highest BCUT2D eigenvalue weighted by Gasteiger charge is 2.48. The molecule has 2 rings (SSSR count). The molecule has 104 valence electrons. The molecule has 2 heterocycles. The summed E-state index contributed by atoms with van der Waals surface area (Å²) in [6, 6.07) is -0.762. The molecule has 2 fully saturated rings. The van der Waals surface area contributed by atoms with Crippen molar-refractivity contribution in [3.05, 3.63) is 0 Å². The third kappa shape index (κ3) is 2.66. The lowest BCUT2D eigenvalue weighted by molar-refractivity contribution is -0.175. The zero-order valence-electron chi connectivity index (χ0n) is 11.2. The molecular weight excluding hydrogens is 238 g/mol. The summed E-state index contributed by atoms with van der Waals surface area (Å²) in [6.45, 7) is 7.46. The first kappa shape index (κ1) is 13.7. The topological polar surface area (TPSA) is 80.0 Å². The van der Waals surface area contributed by atoms with Gasteiger partial charge >= 0.3 is 5.97 Å². The number of hydrogen-bond donors (Lipinski definition) is 1. The quantitative estimate of drug-likeness (QED) is 0.625. The number of hydrogen-bond acceptors (Lipinski definition) is 6. The molecule has 0 bridgehead atoms. The maximum Gasteiger partial charge on any atom is 0.325 e. The van der Waals surface area contributed by atoms with Crippen LogP contribution in [0.25, 0.3) is 0 Å². The Kier molecular flexibility index (Phi) is 3.64.